The van der Waals surface area contributed by atoms with Gasteiger partial charge in [0.2, 0.25) is 0 Å². The Morgan fingerprint density at radius 3 is 1.32 bits per heavy atom. The number of aromatic nitrogens is 1. The number of aliphatic hydroxyl groups excluding tert-OH is 3. The van der Waals surface area contributed by atoms with Crippen LogP contribution in [0.5, 0.6) is 0 Å². The summed E-state index contributed by atoms with van der Waals surface area (Å²) in [6, 6.07) is 5.50. The standard InChI is InChI=1S/C14H24N.3C3H8O.Ti/c1-7-13(3,4)11-9-10-12(15-11)14(5,6)8-2;3*1-3(2)4;/h9,15H,7-8H2,1-6H3;3*3-4H,1-2H3;/q-1;;;;. The predicted octanol–water partition coefficient (Wildman–Crippen LogP) is 5.35. The Labute approximate surface area is 190 Å². The summed E-state index contributed by atoms with van der Waals surface area (Å²) in [4.78, 5) is 3.54. The largest absolute Gasteiger partial charge is 0.454 e. The Morgan fingerprint density at radius 1 is 0.786 bits per heavy atom. The Hall–Kier alpha value is -0.126. The van der Waals surface area contributed by atoms with Gasteiger partial charge in [-0.25, -0.2) is 12.1 Å². The summed E-state index contributed by atoms with van der Waals surface area (Å²) in [6.45, 7) is 23.9. The van der Waals surface area contributed by atoms with Crippen molar-refractivity contribution in [3.05, 3.63) is 23.5 Å². The summed E-state index contributed by atoms with van der Waals surface area (Å²) < 4.78 is 0. The van der Waals surface area contributed by atoms with Crippen molar-refractivity contribution in [2.75, 3.05) is 0 Å². The molecule has 1 aromatic rings. The van der Waals surface area contributed by atoms with Crippen molar-refractivity contribution >= 4 is 0 Å². The first-order chi connectivity index (χ1) is 12.0. The minimum atomic E-state index is -0.167. The van der Waals surface area contributed by atoms with E-state index >= 15 is 0 Å². The van der Waals surface area contributed by atoms with Gasteiger partial charge in [-0.1, -0.05) is 59.1 Å². The maximum Gasteiger partial charge on any atom is 0.0483 e. The van der Waals surface area contributed by atoms with Crippen molar-refractivity contribution in [3.8, 4) is 0 Å². The molecule has 1 rings (SSSR count). The van der Waals surface area contributed by atoms with Crippen LogP contribution < -0.4 is 0 Å². The second-order valence-electron chi connectivity index (χ2n) is 8.96. The van der Waals surface area contributed by atoms with E-state index in [0.717, 1.165) is 12.8 Å². The van der Waals surface area contributed by atoms with Crippen LogP contribution in [-0.4, -0.2) is 38.6 Å². The van der Waals surface area contributed by atoms with Gasteiger partial charge < -0.3 is 20.3 Å². The van der Waals surface area contributed by atoms with Crippen LogP contribution in [0.25, 0.3) is 0 Å². The Kier molecular flexibility index (Phi) is 22.3. The number of hydrogen-bond donors (Lipinski definition) is 4. The van der Waals surface area contributed by atoms with E-state index in [-0.39, 0.29) is 50.9 Å². The van der Waals surface area contributed by atoms with Crippen LogP contribution in [0.3, 0.4) is 0 Å². The molecule has 4 N–H and O–H groups in total. The molecule has 0 fully saturated rings. The van der Waals surface area contributed by atoms with Gasteiger partial charge in [-0.05, 0) is 53.4 Å². The number of rotatable bonds is 4. The van der Waals surface area contributed by atoms with Crippen LogP contribution in [0.4, 0.5) is 0 Å². The predicted molar refractivity (Wildman–Crippen MR) is 118 cm³/mol. The van der Waals surface area contributed by atoms with Crippen molar-refractivity contribution < 1.29 is 37.0 Å². The summed E-state index contributed by atoms with van der Waals surface area (Å²) in [6.07, 6.45) is 1.78. The number of aliphatic hydroxyl groups is 3. The molecule has 0 saturated heterocycles. The van der Waals surface area contributed by atoms with Gasteiger partial charge in [0, 0.05) is 40.0 Å². The second-order valence-corrected chi connectivity index (χ2v) is 8.96. The van der Waals surface area contributed by atoms with E-state index in [9.17, 15) is 0 Å². The monoisotopic (exact) mass is 434 g/mol. The Balaban J connectivity index is -0.000000183. The van der Waals surface area contributed by atoms with E-state index < -0.39 is 0 Å². The number of H-pyrrole nitrogens is 1. The molecule has 0 atom stereocenters. The summed E-state index contributed by atoms with van der Waals surface area (Å²) >= 11 is 0. The first-order valence-corrected chi connectivity index (χ1v) is 10.2. The smallest absolute Gasteiger partial charge is 0.0483 e. The first-order valence-electron chi connectivity index (χ1n) is 10.2. The minimum absolute atomic E-state index is 0. The Bertz CT molecular complexity index is 399. The average Bonchev–Trinajstić information content (AvgIpc) is 2.97. The van der Waals surface area contributed by atoms with Gasteiger partial charge >= 0.3 is 0 Å². The summed E-state index contributed by atoms with van der Waals surface area (Å²) in [5.41, 5.74) is 2.99. The maximum absolute atomic E-state index is 8.06. The molecule has 0 amide bonds. The van der Waals surface area contributed by atoms with Gasteiger partial charge in [-0.3, -0.25) is 0 Å². The van der Waals surface area contributed by atoms with Crippen molar-refractivity contribution in [3.63, 3.8) is 0 Å². The van der Waals surface area contributed by atoms with Gasteiger partial charge in [-0.2, -0.15) is 0 Å². The third-order valence-electron chi connectivity index (χ3n) is 3.79. The summed E-state index contributed by atoms with van der Waals surface area (Å²) in [5, 5.41) is 24.2. The molecule has 0 aliphatic carbocycles. The molecule has 4 nitrogen and oxygen atoms in total. The number of hydrogen-bond acceptors (Lipinski definition) is 3. The van der Waals surface area contributed by atoms with Gasteiger partial charge in [0.05, 0.1) is 0 Å². The van der Waals surface area contributed by atoms with E-state index in [1.165, 1.54) is 11.4 Å². The number of nitrogens with one attached hydrogen (secondary N) is 1. The summed E-state index contributed by atoms with van der Waals surface area (Å²) in [7, 11) is 0. The zero-order chi connectivity index (χ0) is 22.4. The van der Waals surface area contributed by atoms with Gasteiger partial charge in [0.25, 0.3) is 0 Å². The maximum atomic E-state index is 8.06. The van der Waals surface area contributed by atoms with E-state index in [1.807, 2.05) is 0 Å². The molecule has 5 heteroatoms. The normalized spacial score (nSPS) is 10.9. The quantitative estimate of drug-likeness (QED) is 0.381. The topological polar surface area (TPSA) is 76.5 Å². The van der Waals surface area contributed by atoms with Crippen LogP contribution >= 0.6 is 0 Å². The molecule has 28 heavy (non-hydrogen) atoms. The molecule has 1 heterocycles. The fourth-order valence-electron chi connectivity index (χ4n) is 1.45. The second kappa shape index (κ2) is 17.7. The first kappa shape index (κ1) is 35.3. The molecule has 1 aromatic heterocycles. The average molecular weight is 435 g/mol. The molecular formula is C23H48NO3Ti-. The summed E-state index contributed by atoms with van der Waals surface area (Å²) in [5.74, 6) is 0. The third kappa shape index (κ3) is 22.2. The molecule has 0 aliphatic heterocycles. The van der Waals surface area contributed by atoms with E-state index in [0.29, 0.717) is 0 Å². The zero-order valence-corrected chi connectivity index (χ0v) is 22.1. The van der Waals surface area contributed by atoms with E-state index in [1.54, 1.807) is 41.5 Å². The van der Waals surface area contributed by atoms with Crippen molar-refractivity contribution in [2.24, 2.45) is 0 Å². The SMILES string of the molecule is CC(C)O.CC(C)O.CC(C)O.CCC(C)(C)c1[c-]cc(C(C)(C)CC)[nH]1.[Ti]. The van der Waals surface area contributed by atoms with Gasteiger partial charge in [-0.15, -0.1) is 5.69 Å². The molecule has 0 saturated carbocycles. The fourth-order valence-corrected chi connectivity index (χ4v) is 1.45. The van der Waals surface area contributed by atoms with Crippen molar-refractivity contribution in [1.29, 1.82) is 0 Å². The molecule has 0 bridgehead atoms. The molecule has 0 aliphatic rings. The molecule has 0 aromatic carbocycles. The van der Waals surface area contributed by atoms with Gasteiger partial charge in [0.1, 0.15) is 0 Å². The van der Waals surface area contributed by atoms with Crippen molar-refractivity contribution in [2.45, 2.75) is 125 Å². The van der Waals surface area contributed by atoms with Crippen LogP contribution in [-0.2, 0) is 32.5 Å². The minimum Gasteiger partial charge on any atom is -0.454 e. The molecule has 168 valence electrons. The third-order valence-corrected chi connectivity index (χ3v) is 3.79. The van der Waals surface area contributed by atoms with Crippen LogP contribution in [0.2, 0.25) is 0 Å². The zero-order valence-electron chi connectivity index (χ0n) is 20.6. The molecular weight excluding hydrogens is 386 g/mol. The number of aromatic amines is 1. The van der Waals surface area contributed by atoms with E-state index in [2.05, 4.69) is 58.7 Å². The Morgan fingerprint density at radius 2 is 1.07 bits per heavy atom. The van der Waals surface area contributed by atoms with E-state index in [4.69, 9.17) is 15.3 Å². The fraction of sp³-hybridized carbons (Fsp3) is 0.826. The van der Waals surface area contributed by atoms with Gasteiger partial charge in [0.15, 0.2) is 0 Å². The molecule has 0 spiro atoms. The van der Waals surface area contributed by atoms with Crippen molar-refractivity contribution in [1.82, 2.24) is 4.98 Å². The van der Waals surface area contributed by atoms with Crippen LogP contribution in [0.1, 0.15) is 107 Å². The molecule has 0 unspecified atom stereocenters. The molecule has 0 radical (unpaired) electrons. The van der Waals surface area contributed by atoms with Crippen LogP contribution in [0, 0.1) is 6.07 Å². The van der Waals surface area contributed by atoms with Crippen LogP contribution in [0.15, 0.2) is 6.07 Å².